The number of rotatable bonds is 6. The van der Waals surface area contributed by atoms with Crippen molar-refractivity contribution in [3.63, 3.8) is 0 Å². The van der Waals surface area contributed by atoms with Crippen LogP contribution in [-0.4, -0.2) is 31.0 Å². The molecule has 2 amide bonds. The number of carbonyl (C=O) groups excluding carboxylic acids is 2. The van der Waals surface area contributed by atoms with Crippen LogP contribution in [0.15, 0.2) is 42.5 Å². The second-order valence-corrected chi connectivity index (χ2v) is 5.73. The number of nitrogens with zero attached hydrogens (tertiary/aromatic N) is 1. The van der Waals surface area contributed by atoms with Gasteiger partial charge in [-0.3, -0.25) is 30.6 Å². The Balaban J connectivity index is 2.00. The van der Waals surface area contributed by atoms with Crippen LogP contribution >= 0.6 is 11.6 Å². The fourth-order valence-electron chi connectivity index (χ4n) is 2.20. The summed E-state index contributed by atoms with van der Waals surface area (Å²) in [5.74, 6) is -0.548. The number of ether oxygens (including phenoxy) is 2. The zero-order chi connectivity index (χ0) is 20.7. The zero-order valence-corrected chi connectivity index (χ0v) is 15.6. The highest BCUT2D eigenvalue weighted by Crippen LogP contribution is 2.36. The molecule has 0 spiro atoms. The van der Waals surface area contributed by atoms with Crippen molar-refractivity contribution in [2.45, 2.75) is 0 Å². The molecule has 2 aromatic carbocycles. The molecule has 0 aliphatic rings. The van der Waals surface area contributed by atoms with Gasteiger partial charge in [0.1, 0.15) is 0 Å². The Morgan fingerprint density at radius 3 is 2.54 bits per heavy atom. The summed E-state index contributed by atoms with van der Waals surface area (Å²) in [6.45, 7) is 0. The standard InChI is InChI=1S/C18H16ClN3O6/c1-27-15-9-11(8-14(19)17(15)28-2)6-7-16(23)20-21-18(24)12-4-3-5-13(10-12)22(25)26/h3-10H,1-2H3,(H,20,23)(H,21,24)/b7-6+. The minimum absolute atomic E-state index is 0.0325. The maximum absolute atomic E-state index is 12.0. The minimum atomic E-state index is -0.695. The van der Waals surface area contributed by atoms with Gasteiger partial charge in [-0.25, -0.2) is 0 Å². The van der Waals surface area contributed by atoms with Gasteiger partial charge in [-0.1, -0.05) is 17.7 Å². The van der Waals surface area contributed by atoms with Gasteiger partial charge >= 0.3 is 0 Å². The number of non-ortho nitro benzene ring substituents is 1. The van der Waals surface area contributed by atoms with Crippen LogP contribution in [0, 0.1) is 10.1 Å². The molecule has 0 atom stereocenters. The van der Waals surface area contributed by atoms with E-state index in [0.29, 0.717) is 22.1 Å². The van der Waals surface area contributed by atoms with E-state index in [1.165, 1.54) is 44.6 Å². The van der Waals surface area contributed by atoms with E-state index in [9.17, 15) is 19.7 Å². The third-order valence-corrected chi connectivity index (χ3v) is 3.78. The number of nitrogens with one attached hydrogen (secondary N) is 2. The van der Waals surface area contributed by atoms with E-state index in [2.05, 4.69) is 10.9 Å². The van der Waals surface area contributed by atoms with Crippen LogP contribution in [0.25, 0.3) is 6.08 Å². The van der Waals surface area contributed by atoms with Crippen molar-refractivity contribution in [3.8, 4) is 11.5 Å². The molecule has 0 aliphatic carbocycles. The van der Waals surface area contributed by atoms with Gasteiger partial charge in [-0.15, -0.1) is 0 Å². The fourth-order valence-corrected chi connectivity index (χ4v) is 2.50. The lowest BCUT2D eigenvalue weighted by Crippen LogP contribution is -2.40. The molecule has 2 aromatic rings. The van der Waals surface area contributed by atoms with Gasteiger partial charge in [0.05, 0.1) is 24.2 Å². The molecule has 10 heteroatoms. The molecule has 0 saturated heterocycles. The average Bonchev–Trinajstić information content (AvgIpc) is 2.69. The number of halogens is 1. The molecule has 9 nitrogen and oxygen atoms in total. The molecule has 2 N–H and O–H groups in total. The number of amides is 2. The molecule has 0 radical (unpaired) electrons. The van der Waals surface area contributed by atoms with Gasteiger partial charge in [0.15, 0.2) is 11.5 Å². The van der Waals surface area contributed by atoms with Crippen LogP contribution in [0.4, 0.5) is 5.69 Å². The first-order chi connectivity index (χ1) is 13.3. The number of methoxy groups -OCH3 is 2. The normalized spacial score (nSPS) is 10.4. The lowest BCUT2D eigenvalue weighted by atomic mass is 10.2. The monoisotopic (exact) mass is 405 g/mol. The van der Waals surface area contributed by atoms with E-state index in [4.69, 9.17) is 21.1 Å². The van der Waals surface area contributed by atoms with Crippen molar-refractivity contribution < 1.29 is 24.0 Å². The number of carbonyl (C=O) groups is 2. The minimum Gasteiger partial charge on any atom is -0.493 e. The summed E-state index contributed by atoms with van der Waals surface area (Å²) in [6.07, 6.45) is 2.63. The Bertz CT molecular complexity index is 945. The second-order valence-electron chi connectivity index (χ2n) is 5.32. The molecule has 0 saturated carbocycles. The summed E-state index contributed by atoms with van der Waals surface area (Å²) in [6, 6.07) is 8.31. The number of hydrazine groups is 1. The van der Waals surface area contributed by atoms with Crippen molar-refractivity contribution in [1.82, 2.24) is 10.9 Å². The van der Waals surface area contributed by atoms with Crippen LogP contribution in [0.2, 0.25) is 5.02 Å². The molecule has 0 heterocycles. The van der Waals surface area contributed by atoms with Crippen molar-refractivity contribution in [3.05, 3.63) is 68.7 Å². The number of hydrogen-bond acceptors (Lipinski definition) is 6. The maximum Gasteiger partial charge on any atom is 0.270 e. The molecule has 0 unspecified atom stereocenters. The predicted octanol–water partition coefficient (Wildman–Crippen LogP) is 2.74. The second kappa shape index (κ2) is 9.38. The Morgan fingerprint density at radius 2 is 1.89 bits per heavy atom. The summed E-state index contributed by atoms with van der Waals surface area (Å²) in [4.78, 5) is 34.0. The van der Waals surface area contributed by atoms with Crippen LogP contribution in [-0.2, 0) is 4.79 Å². The molecule has 146 valence electrons. The lowest BCUT2D eigenvalue weighted by molar-refractivity contribution is -0.384. The van der Waals surface area contributed by atoms with Crippen molar-refractivity contribution in [2.24, 2.45) is 0 Å². The van der Waals surface area contributed by atoms with Gasteiger partial charge in [0, 0.05) is 23.8 Å². The SMILES string of the molecule is COc1cc(/C=C/C(=O)NNC(=O)c2cccc([N+](=O)[O-])c2)cc(Cl)c1OC. The third kappa shape index (κ3) is 5.21. The lowest BCUT2D eigenvalue weighted by Gasteiger charge is -2.10. The fraction of sp³-hybridized carbons (Fsp3) is 0.111. The number of nitro groups is 1. The highest BCUT2D eigenvalue weighted by molar-refractivity contribution is 6.32. The highest BCUT2D eigenvalue weighted by Gasteiger charge is 2.12. The van der Waals surface area contributed by atoms with Crippen LogP contribution in [0.3, 0.4) is 0 Å². The number of hydrogen-bond donors (Lipinski definition) is 2. The Labute approximate surface area is 165 Å². The van der Waals surface area contributed by atoms with Crippen molar-refractivity contribution in [2.75, 3.05) is 14.2 Å². The van der Waals surface area contributed by atoms with Gasteiger partial charge in [0.2, 0.25) is 0 Å². The van der Waals surface area contributed by atoms with Gasteiger partial charge < -0.3 is 9.47 Å². The third-order valence-electron chi connectivity index (χ3n) is 3.50. The van der Waals surface area contributed by atoms with E-state index in [-0.39, 0.29) is 11.3 Å². The van der Waals surface area contributed by atoms with Crippen LogP contribution < -0.4 is 20.3 Å². The quantitative estimate of drug-likeness (QED) is 0.433. The molecule has 0 aromatic heterocycles. The van der Waals surface area contributed by atoms with Crippen LogP contribution in [0.5, 0.6) is 11.5 Å². The zero-order valence-electron chi connectivity index (χ0n) is 14.9. The average molecular weight is 406 g/mol. The van der Waals surface area contributed by atoms with Crippen LogP contribution in [0.1, 0.15) is 15.9 Å². The van der Waals surface area contributed by atoms with Gasteiger partial charge in [-0.2, -0.15) is 0 Å². The first-order valence-electron chi connectivity index (χ1n) is 7.80. The molecule has 2 rings (SSSR count). The van der Waals surface area contributed by atoms with Gasteiger partial charge in [-0.05, 0) is 29.8 Å². The summed E-state index contributed by atoms with van der Waals surface area (Å²) in [7, 11) is 2.91. The van der Waals surface area contributed by atoms with Crippen molar-refractivity contribution >= 4 is 35.2 Å². The van der Waals surface area contributed by atoms with E-state index in [1.807, 2.05) is 0 Å². The van der Waals surface area contributed by atoms with E-state index < -0.39 is 16.7 Å². The van der Waals surface area contributed by atoms with E-state index >= 15 is 0 Å². The Kier molecular flexibility index (Phi) is 6.94. The topological polar surface area (TPSA) is 120 Å². The highest BCUT2D eigenvalue weighted by atomic mass is 35.5. The first-order valence-corrected chi connectivity index (χ1v) is 8.18. The smallest absolute Gasteiger partial charge is 0.270 e. The summed E-state index contributed by atoms with van der Waals surface area (Å²) in [5, 5.41) is 11.0. The largest absolute Gasteiger partial charge is 0.493 e. The molecular weight excluding hydrogens is 390 g/mol. The number of nitro benzene ring substituents is 1. The summed E-state index contributed by atoms with van der Waals surface area (Å²) >= 11 is 6.09. The maximum atomic E-state index is 12.0. The summed E-state index contributed by atoms with van der Waals surface area (Å²) in [5.41, 5.74) is 4.72. The Hall–Kier alpha value is -3.59. The predicted molar refractivity (Wildman–Crippen MR) is 102 cm³/mol. The number of benzene rings is 2. The molecular formula is C18H16ClN3O6. The first kappa shape index (κ1) is 20.7. The van der Waals surface area contributed by atoms with Crippen molar-refractivity contribution in [1.29, 1.82) is 0 Å². The Morgan fingerprint density at radius 1 is 1.14 bits per heavy atom. The molecule has 0 bridgehead atoms. The summed E-state index contributed by atoms with van der Waals surface area (Å²) < 4.78 is 10.3. The van der Waals surface area contributed by atoms with Gasteiger partial charge in [0.25, 0.3) is 17.5 Å². The van der Waals surface area contributed by atoms with E-state index in [1.54, 1.807) is 12.1 Å². The molecule has 0 aliphatic heterocycles. The molecule has 0 fully saturated rings. The van der Waals surface area contributed by atoms with E-state index in [0.717, 1.165) is 6.07 Å². The molecule has 28 heavy (non-hydrogen) atoms.